The summed E-state index contributed by atoms with van der Waals surface area (Å²) in [5.74, 6) is -1.00. The van der Waals surface area contributed by atoms with Gasteiger partial charge in [0, 0.05) is 37.4 Å². The molecule has 4 aliphatic rings. The van der Waals surface area contributed by atoms with Crippen LogP contribution >= 0.6 is 15.9 Å². The first-order valence-electron chi connectivity index (χ1n) is 16.4. The summed E-state index contributed by atoms with van der Waals surface area (Å²) in [5.41, 5.74) is -0.548. The number of allylic oxidation sites excluding steroid dienone is 2. The van der Waals surface area contributed by atoms with Gasteiger partial charge in [0.1, 0.15) is 23.4 Å². The summed E-state index contributed by atoms with van der Waals surface area (Å²) in [4.78, 5) is 48.0. The van der Waals surface area contributed by atoms with Crippen molar-refractivity contribution in [3.05, 3.63) is 34.8 Å². The van der Waals surface area contributed by atoms with E-state index in [1.165, 1.54) is 0 Å². The second kappa shape index (κ2) is 14.3. The zero-order chi connectivity index (χ0) is 33.5. The Hall–Kier alpha value is -3.19. The molecule has 13 heteroatoms. The minimum Gasteiger partial charge on any atom is -0.495 e. The van der Waals surface area contributed by atoms with Gasteiger partial charge in [-0.15, -0.1) is 0 Å². The van der Waals surface area contributed by atoms with E-state index in [4.69, 9.17) is 14.2 Å². The van der Waals surface area contributed by atoms with Gasteiger partial charge in [0.15, 0.2) is 0 Å². The molecule has 0 radical (unpaired) electrons. The van der Waals surface area contributed by atoms with Crippen LogP contribution in [0, 0.1) is 23.2 Å². The monoisotopic (exact) mass is 747 g/mol. The standard InChI is InChI=1S/C34H42BrN3O8S.CH4/c1-4-45-29-17-28(23-12-13-27(44-3)30(35)31(23)36-29)46-21-15-24-25(16-21)32(40)38(2)14-8-6-5-7-9-20-18-34(20,19-26(24)39)33(41)37-47(42,43)22-10-11-22;/h7,9,12-13,17,20-22,24-25H,4-6,8,10-11,14-16,18-19H2,1-3H3,(H,37,41);1H4/b9-7-;/t20-,21-,24-,25-,34-;/m1./s1. The molecule has 1 aliphatic heterocycles. The van der Waals surface area contributed by atoms with Gasteiger partial charge in [0.25, 0.3) is 0 Å². The Morgan fingerprint density at radius 1 is 1.15 bits per heavy atom. The molecule has 48 heavy (non-hydrogen) atoms. The predicted molar refractivity (Wildman–Crippen MR) is 185 cm³/mol. The number of methoxy groups -OCH3 is 1. The van der Waals surface area contributed by atoms with Crippen LogP contribution in [0.5, 0.6) is 17.4 Å². The molecule has 11 nitrogen and oxygen atoms in total. The number of amides is 2. The van der Waals surface area contributed by atoms with Crippen molar-refractivity contribution in [1.82, 2.24) is 14.6 Å². The van der Waals surface area contributed by atoms with Gasteiger partial charge < -0.3 is 19.1 Å². The van der Waals surface area contributed by atoms with Gasteiger partial charge in [0.05, 0.1) is 40.3 Å². The van der Waals surface area contributed by atoms with E-state index in [-0.39, 0.29) is 37.9 Å². The van der Waals surface area contributed by atoms with E-state index in [1.807, 2.05) is 31.2 Å². The summed E-state index contributed by atoms with van der Waals surface area (Å²) in [6.45, 7) is 2.84. The summed E-state index contributed by atoms with van der Waals surface area (Å²) < 4.78 is 46.2. The minimum absolute atomic E-state index is 0. The van der Waals surface area contributed by atoms with Gasteiger partial charge in [-0.1, -0.05) is 19.6 Å². The highest BCUT2D eigenvalue weighted by Crippen LogP contribution is 2.58. The first kappa shape index (κ1) is 36.1. The lowest BCUT2D eigenvalue weighted by atomic mass is 9.84. The van der Waals surface area contributed by atoms with E-state index in [1.54, 1.807) is 25.1 Å². The lowest BCUT2D eigenvalue weighted by molar-refractivity contribution is -0.140. The van der Waals surface area contributed by atoms with Crippen LogP contribution in [0.15, 0.2) is 34.8 Å². The maximum absolute atomic E-state index is 14.2. The van der Waals surface area contributed by atoms with Crippen LogP contribution in [-0.4, -0.2) is 74.6 Å². The number of rotatable bonds is 8. The highest BCUT2D eigenvalue weighted by molar-refractivity contribution is 9.10. The van der Waals surface area contributed by atoms with Crippen molar-refractivity contribution in [1.29, 1.82) is 0 Å². The number of carbonyl (C=O) groups excluding carboxylic acids is 3. The number of pyridine rings is 1. The Kier molecular flexibility index (Phi) is 10.8. The summed E-state index contributed by atoms with van der Waals surface area (Å²) in [6, 6.07) is 5.38. The number of carbonyl (C=O) groups is 3. The van der Waals surface area contributed by atoms with Crippen molar-refractivity contribution in [3.63, 3.8) is 0 Å². The Labute approximate surface area is 291 Å². The number of ketones is 1. The van der Waals surface area contributed by atoms with Crippen molar-refractivity contribution in [3.8, 4) is 17.4 Å². The fourth-order valence-electron chi connectivity index (χ4n) is 7.09. The molecule has 262 valence electrons. The van der Waals surface area contributed by atoms with E-state index in [0.717, 1.165) is 24.6 Å². The second-order valence-corrected chi connectivity index (χ2v) is 16.0. The molecule has 5 atom stereocenters. The first-order chi connectivity index (χ1) is 22.5. The normalized spacial score (nSPS) is 28.4. The number of ether oxygens (including phenoxy) is 3. The largest absolute Gasteiger partial charge is 0.495 e. The fourth-order valence-corrected chi connectivity index (χ4v) is 9.07. The molecule has 6 rings (SSSR count). The van der Waals surface area contributed by atoms with E-state index in [9.17, 15) is 22.8 Å². The van der Waals surface area contributed by atoms with Crippen molar-refractivity contribution in [2.24, 2.45) is 23.2 Å². The quantitative estimate of drug-likeness (QED) is 0.343. The number of nitrogens with one attached hydrogen (secondary N) is 1. The molecular formula is C35H46BrN3O8S. The molecule has 0 saturated heterocycles. The third kappa shape index (κ3) is 7.22. The minimum atomic E-state index is -3.78. The van der Waals surface area contributed by atoms with E-state index >= 15 is 0 Å². The number of nitrogens with zero attached hydrogens (tertiary/aromatic N) is 2. The lowest BCUT2D eigenvalue weighted by Crippen LogP contribution is -2.42. The lowest BCUT2D eigenvalue weighted by Gasteiger charge is -2.26. The summed E-state index contributed by atoms with van der Waals surface area (Å²) in [5, 5.41) is 0.165. The van der Waals surface area contributed by atoms with Crippen molar-refractivity contribution < 1.29 is 37.0 Å². The van der Waals surface area contributed by atoms with Gasteiger partial charge >= 0.3 is 0 Å². The van der Waals surface area contributed by atoms with Gasteiger partial charge in [-0.2, -0.15) is 0 Å². The Morgan fingerprint density at radius 2 is 1.90 bits per heavy atom. The highest BCUT2D eigenvalue weighted by atomic mass is 79.9. The van der Waals surface area contributed by atoms with E-state index in [2.05, 4.69) is 25.6 Å². The molecular weight excluding hydrogens is 702 g/mol. The van der Waals surface area contributed by atoms with E-state index in [0.29, 0.717) is 66.2 Å². The number of Topliss-reactive ketones (excluding diaryl/α,β-unsaturated/α-hetero) is 1. The van der Waals surface area contributed by atoms with Gasteiger partial charge in [0.2, 0.25) is 27.7 Å². The SMILES string of the molecule is C.CCOc1cc(O[C@@H]2C[C@H]3C(=O)C[C@]4(C(=O)NS(=O)(=O)C5CC5)C[C@H]4/C=C\CCCCN(C)C(=O)[C@@H]3C2)c2ccc(OC)c(Br)c2n1. The van der Waals surface area contributed by atoms with Crippen LogP contribution in [0.1, 0.15) is 72.1 Å². The fraction of sp³-hybridized carbons (Fsp3) is 0.600. The van der Waals surface area contributed by atoms with Gasteiger partial charge in [-0.05, 0) is 92.3 Å². The van der Waals surface area contributed by atoms with Crippen LogP contribution in [0.25, 0.3) is 10.9 Å². The van der Waals surface area contributed by atoms with Crippen molar-refractivity contribution >= 4 is 54.5 Å². The zero-order valence-corrected chi connectivity index (χ0v) is 29.4. The topological polar surface area (TPSA) is 141 Å². The molecule has 3 saturated carbocycles. The average molecular weight is 749 g/mol. The maximum atomic E-state index is 14.2. The number of halogens is 1. The summed E-state index contributed by atoms with van der Waals surface area (Å²) >= 11 is 3.59. The van der Waals surface area contributed by atoms with Crippen LogP contribution in [0.4, 0.5) is 0 Å². The highest BCUT2D eigenvalue weighted by Gasteiger charge is 2.61. The number of benzene rings is 1. The molecule has 2 heterocycles. The molecule has 0 unspecified atom stereocenters. The molecule has 3 fully saturated rings. The number of aromatic nitrogens is 1. The molecule has 1 aromatic heterocycles. The number of sulfonamides is 1. The summed E-state index contributed by atoms with van der Waals surface area (Å²) in [6.07, 6.45) is 7.88. The molecule has 1 aromatic carbocycles. The molecule has 2 aromatic rings. The number of fused-ring (bicyclic) bond motifs is 3. The molecule has 1 N–H and O–H groups in total. The third-order valence-electron chi connectivity index (χ3n) is 10.0. The second-order valence-electron chi connectivity index (χ2n) is 13.3. The Morgan fingerprint density at radius 3 is 2.60 bits per heavy atom. The van der Waals surface area contributed by atoms with Crippen LogP contribution < -0.4 is 18.9 Å². The molecule has 2 amide bonds. The van der Waals surface area contributed by atoms with Crippen molar-refractivity contribution in [2.75, 3.05) is 27.3 Å². The van der Waals surface area contributed by atoms with Crippen LogP contribution in [0.2, 0.25) is 0 Å². The van der Waals surface area contributed by atoms with Crippen LogP contribution in [-0.2, 0) is 24.4 Å². The van der Waals surface area contributed by atoms with Crippen molar-refractivity contribution in [2.45, 2.75) is 83.5 Å². The number of hydrogen-bond donors (Lipinski definition) is 1. The smallest absolute Gasteiger partial charge is 0.240 e. The molecule has 0 bridgehead atoms. The van der Waals surface area contributed by atoms with Gasteiger partial charge in [-0.3, -0.25) is 19.1 Å². The average Bonchev–Trinajstić information content (AvgIpc) is 3.96. The Balaban J connectivity index is 0.00000451. The first-order valence-corrected chi connectivity index (χ1v) is 18.8. The Bertz CT molecular complexity index is 1710. The molecule has 3 aliphatic carbocycles. The van der Waals surface area contributed by atoms with E-state index < -0.39 is 44.5 Å². The summed E-state index contributed by atoms with van der Waals surface area (Å²) in [7, 11) is -0.437. The van der Waals surface area contributed by atoms with Crippen LogP contribution in [0.3, 0.4) is 0 Å². The van der Waals surface area contributed by atoms with Gasteiger partial charge in [-0.25, -0.2) is 13.4 Å². The predicted octanol–water partition coefficient (Wildman–Crippen LogP) is 5.59. The maximum Gasteiger partial charge on any atom is 0.240 e. The number of hydrogen-bond acceptors (Lipinski definition) is 9. The zero-order valence-electron chi connectivity index (χ0n) is 27.0. The third-order valence-corrected chi connectivity index (χ3v) is 12.6. The molecule has 0 spiro atoms.